The van der Waals surface area contributed by atoms with Crippen LogP contribution < -0.4 is 9.62 Å². The highest BCUT2D eigenvalue weighted by atomic mass is 32.2. The van der Waals surface area contributed by atoms with Crippen molar-refractivity contribution >= 4 is 33.0 Å². The summed E-state index contributed by atoms with van der Waals surface area (Å²) in [5, 5.41) is 4.50. The lowest BCUT2D eigenvalue weighted by Crippen LogP contribution is -2.45. The molecule has 32 heavy (non-hydrogen) atoms. The third-order valence-electron chi connectivity index (χ3n) is 5.23. The normalized spacial score (nSPS) is 12.9. The molecule has 0 radical (unpaired) electrons. The van der Waals surface area contributed by atoms with Crippen LogP contribution in [0.4, 0.5) is 10.1 Å². The monoisotopic (exact) mass is 474 g/mol. The zero-order chi connectivity index (χ0) is 23.4. The molecule has 1 heterocycles. The van der Waals surface area contributed by atoms with Gasteiger partial charge in [0.05, 0.1) is 5.69 Å². The van der Waals surface area contributed by atoms with E-state index in [1.54, 1.807) is 11.4 Å². The molecule has 0 spiro atoms. The van der Waals surface area contributed by atoms with Gasteiger partial charge in [0.2, 0.25) is 5.91 Å². The Kier molecular flexibility index (Phi) is 7.36. The number of halogens is 1. The van der Waals surface area contributed by atoms with Crippen molar-refractivity contribution in [1.82, 2.24) is 5.32 Å². The third-order valence-corrected chi connectivity index (χ3v) is 8.36. The number of nitrogens with one attached hydrogen (secondary N) is 1. The van der Waals surface area contributed by atoms with Gasteiger partial charge < -0.3 is 5.32 Å². The van der Waals surface area contributed by atoms with E-state index in [9.17, 15) is 17.6 Å². The summed E-state index contributed by atoms with van der Waals surface area (Å²) in [5.74, 6) is -1.21. The second-order valence-corrected chi connectivity index (χ2v) is 11.4. The Labute approximate surface area is 193 Å². The van der Waals surface area contributed by atoms with E-state index in [1.165, 1.54) is 30.3 Å². The van der Waals surface area contributed by atoms with Crippen LogP contribution in [0.1, 0.15) is 32.8 Å². The molecule has 0 aliphatic heterocycles. The van der Waals surface area contributed by atoms with Gasteiger partial charge in [0.25, 0.3) is 10.0 Å². The van der Waals surface area contributed by atoms with E-state index in [2.05, 4.69) is 19.2 Å². The molecule has 0 saturated heterocycles. The molecule has 2 aromatic carbocycles. The Morgan fingerprint density at radius 3 is 2.34 bits per heavy atom. The van der Waals surface area contributed by atoms with Gasteiger partial charge in [0, 0.05) is 6.04 Å². The lowest BCUT2D eigenvalue weighted by atomic mass is 9.79. The van der Waals surface area contributed by atoms with Crippen molar-refractivity contribution in [3.63, 3.8) is 0 Å². The molecule has 0 aliphatic rings. The van der Waals surface area contributed by atoms with Crippen molar-refractivity contribution in [3.8, 4) is 0 Å². The van der Waals surface area contributed by atoms with Crippen molar-refractivity contribution in [3.05, 3.63) is 83.5 Å². The van der Waals surface area contributed by atoms with E-state index < -0.39 is 28.3 Å². The zero-order valence-corrected chi connectivity index (χ0v) is 19.9. The molecule has 3 aromatic rings. The highest BCUT2D eigenvalue weighted by molar-refractivity contribution is 7.94. The molecule has 1 atom stereocenters. The summed E-state index contributed by atoms with van der Waals surface area (Å²) >= 11 is 1.02. The summed E-state index contributed by atoms with van der Waals surface area (Å²) in [7, 11) is -4.09. The molecule has 8 heteroatoms. The van der Waals surface area contributed by atoms with Crippen molar-refractivity contribution in [2.45, 2.75) is 42.9 Å². The van der Waals surface area contributed by atoms with Gasteiger partial charge in [0.1, 0.15) is 16.6 Å². The maximum absolute atomic E-state index is 14.5. The van der Waals surface area contributed by atoms with Gasteiger partial charge in [-0.05, 0) is 47.9 Å². The van der Waals surface area contributed by atoms with E-state index in [-0.39, 0.29) is 21.4 Å². The highest BCUT2D eigenvalue weighted by Crippen LogP contribution is 2.29. The maximum Gasteiger partial charge on any atom is 0.274 e. The van der Waals surface area contributed by atoms with Crippen molar-refractivity contribution in [1.29, 1.82) is 0 Å². The number of hydrogen-bond acceptors (Lipinski definition) is 4. The van der Waals surface area contributed by atoms with E-state index in [0.29, 0.717) is 6.42 Å². The Balaban J connectivity index is 1.78. The summed E-state index contributed by atoms with van der Waals surface area (Å²) in [5.41, 5.74) is 0.796. The van der Waals surface area contributed by atoms with Crippen LogP contribution in [0.3, 0.4) is 0 Å². The van der Waals surface area contributed by atoms with Crippen LogP contribution in [-0.2, 0) is 20.2 Å². The van der Waals surface area contributed by atoms with Crippen LogP contribution >= 0.6 is 11.3 Å². The summed E-state index contributed by atoms with van der Waals surface area (Å²) in [6, 6.07) is 18.4. The van der Waals surface area contributed by atoms with E-state index in [1.807, 2.05) is 37.3 Å². The second kappa shape index (κ2) is 9.83. The number of hydrogen-bond donors (Lipinski definition) is 1. The molecule has 170 valence electrons. The smallest absolute Gasteiger partial charge is 0.274 e. The molecular formula is C24H27FN2O3S2. The number of anilines is 1. The minimum Gasteiger partial charge on any atom is -0.352 e. The molecule has 1 N–H and O–H groups in total. The standard InChI is InChI=1S/C24H27FN2O3S2/c1-18(16-24(2,3)19-10-5-4-6-11-19)26-22(28)17-27(21-13-8-7-12-20(21)25)32(29,30)23-14-9-15-31-23/h4-15,18H,16-17H2,1-3H3,(H,26,28). The predicted octanol–water partition coefficient (Wildman–Crippen LogP) is 4.96. The summed E-state index contributed by atoms with van der Waals surface area (Å²) in [6.07, 6.45) is 0.653. The highest BCUT2D eigenvalue weighted by Gasteiger charge is 2.31. The lowest BCUT2D eigenvalue weighted by molar-refractivity contribution is -0.120. The fourth-order valence-corrected chi connectivity index (χ4v) is 6.28. The van der Waals surface area contributed by atoms with E-state index >= 15 is 0 Å². The van der Waals surface area contributed by atoms with Gasteiger partial charge in [-0.25, -0.2) is 12.8 Å². The topological polar surface area (TPSA) is 66.5 Å². The number of nitrogens with zero attached hydrogens (tertiary/aromatic N) is 1. The number of thiophene rings is 1. The third kappa shape index (κ3) is 5.55. The number of para-hydroxylation sites is 1. The van der Waals surface area contributed by atoms with Crippen LogP contribution in [0.5, 0.6) is 0 Å². The van der Waals surface area contributed by atoms with Crippen molar-refractivity contribution in [2.75, 3.05) is 10.8 Å². The van der Waals surface area contributed by atoms with Gasteiger partial charge in [0.15, 0.2) is 0 Å². The van der Waals surface area contributed by atoms with E-state index in [4.69, 9.17) is 0 Å². The summed E-state index contributed by atoms with van der Waals surface area (Å²) in [4.78, 5) is 12.9. The quantitative estimate of drug-likeness (QED) is 0.477. The number of benzene rings is 2. The first-order valence-electron chi connectivity index (χ1n) is 10.3. The first-order chi connectivity index (χ1) is 15.1. The SMILES string of the molecule is CC(CC(C)(C)c1ccccc1)NC(=O)CN(c1ccccc1F)S(=O)(=O)c1cccs1. The average molecular weight is 475 g/mol. The molecule has 0 fully saturated rings. The van der Waals surface area contributed by atoms with Crippen LogP contribution in [0, 0.1) is 5.82 Å². The Hall–Kier alpha value is -2.71. The molecular weight excluding hydrogens is 447 g/mol. The largest absolute Gasteiger partial charge is 0.352 e. The van der Waals surface area contributed by atoms with Gasteiger partial charge in [-0.2, -0.15) is 0 Å². The minimum atomic E-state index is -4.09. The number of carbonyl (C=O) groups excluding carboxylic acids is 1. The predicted molar refractivity (Wildman–Crippen MR) is 127 cm³/mol. The molecule has 5 nitrogen and oxygen atoms in total. The summed E-state index contributed by atoms with van der Waals surface area (Å²) in [6.45, 7) is 5.55. The average Bonchev–Trinajstić information content (AvgIpc) is 3.29. The van der Waals surface area contributed by atoms with Gasteiger partial charge >= 0.3 is 0 Å². The molecule has 0 saturated carbocycles. The van der Waals surface area contributed by atoms with Crippen LogP contribution in [0.2, 0.25) is 0 Å². The Morgan fingerprint density at radius 2 is 1.72 bits per heavy atom. The molecule has 0 aliphatic carbocycles. The molecule has 1 unspecified atom stereocenters. The minimum absolute atomic E-state index is 0.0480. The maximum atomic E-state index is 14.5. The molecule has 3 rings (SSSR count). The van der Waals surface area contributed by atoms with E-state index in [0.717, 1.165) is 21.2 Å². The molecule has 1 aromatic heterocycles. The second-order valence-electron chi connectivity index (χ2n) is 8.32. The van der Waals surface area contributed by atoms with Crippen LogP contribution in [-0.4, -0.2) is 26.9 Å². The zero-order valence-electron chi connectivity index (χ0n) is 18.3. The first-order valence-corrected chi connectivity index (χ1v) is 12.6. The van der Waals surface area contributed by atoms with Gasteiger partial charge in [-0.15, -0.1) is 11.3 Å². The Bertz CT molecular complexity index is 1150. The first kappa shape index (κ1) is 23.9. The van der Waals surface area contributed by atoms with Crippen molar-refractivity contribution in [2.24, 2.45) is 0 Å². The summed E-state index contributed by atoms with van der Waals surface area (Å²) < 4.78 is 41.7. The molecule has 1 amide bonds. The Morgan fingerprint density at radius 1 is 1.06 bits per heavy atom. The number of rotatable bonds is 9. The number of sulfonamides is 1. The van der Waals surface area contributed by atoms with Gasteiger partial charge in [-0.3, -0.25) is 9.10 Å². The number of carbonyl (C=O) groups is 1. The fourth-order valence-electron chi connectivity index (χ4n) is 3.75. The van der Waals surface area contributed by atoms with Crippen LogP contribution in [0.15, 0.2) is 76.3 Å². The lowest BCUT2D eigenvalue weighted by Gasteiger charge is -2.30. The van der Waals surface area contributed by atoms with Crippen LogP contribution in [0.25, 0.3) is 0 Å². The fraction of sp³-hybridized carbons (Fsp3) is 0.292. The van der Waals surface area contributed by atoms with Crippen molar-refractivity contribution < 1.29 is 17.6 Å². The van der Waals surface area contributed by atoms with Gasteiger partial charge in [-0.1, -0.05) is 62.4 Å². The molecule has 0 bridgehead atoms. The number of amides is 1.